The van der Waals surface area contributed by atoms with Crippen LogP contribution in [0.15, 0.2) is 0 Å². The molecule has 3 fully saturated rings. The molecule has 0 radical (unpaired) electrons. The molecule has 3 heterocycles. The number of hydrogen-bond donors (Lipinski definition) is 1. The van der Waals surface area contributed by atoms with E-state index in [-0.39, 0.29) is 0 Å². The average molecular weight is 388 g/mol. The number of rotatable bonds is 8. The van der Waals surface area contributed by atoms with Crippen molar-refractivity contribution in [1.29, 1.82) is 0 Å². The van der Waals surface area contributed by atoms with Crippen LogP contribution < -0.4 is 0 Å². The van der Waals surface area contributed by atoms with Gasteiger partial charge in [-0.05, 0) is 75.1 Å². The number of aryl methyl sites for hydroxylation is 1. The maximum absolute atomic E-state index is 6.04. The highest BCUT2D eigenvalue weighted by Gasteiger charge is 2.24. The number of aromatic amines is 1. The van der Waals surface area contributed by atoms with E-state index in [1.165, 1.54) is 95.1 Å². The van der Waals surface area contributed by atoms with E-state index in [9.17, 15) is 0 Å². The molecule has 4 heteroatoms. The largest absolute Gasteiger partial charge is 0.361 e. The average Bonchev–Trinajstić information content (AvgIpc) is 2.83. The second-order valence-corrected chi connectivity index (χ2v) is 9.32. The summed E-state index contributed by atoms with van der Waals surface area (Å²) in [7, 11) is 0. The lowest BCUT2D eigenvalue weighted by Gasteiger charge is -2.31. The van der Waals surface area contributed by atoms with Gasteiger partial charge < -0.3 is 4.98 Å². The van der Waals surface area contributed by atoms with Crippen molar-refractivity contribution < 1.29 is 4.84 Å². The van der Waals surface area contributed by atoms with E-state index in [0.29, 0.717) is 0 Å². The topological polar surface area (TPSA) is 31.5 Å². The van der Waals surface area contributed by atoms with Crippen LogP contribution in [0.2, 0.25) is 0 Å². The summed E-state index contributed by atoms with van der Waals surface area (Å²) < 4.78 is 0. The summed E-state index contributed by atoms with van der Waals surface area (Å²) in [6, 6.07) is 0. The van der Waals surface area contributed by atoms with E-state index in [1.807, 2.05) is 0 Å². The van der Waals surface area contributed by atoms with Crippen LogP contribution in [0.25, 0.3) is 0 Å². The third kappa shape index (κ3) is 5.20. The molecule has 1 aliphatic carbocycles. The SMILES string of the molecule is CCc1[nH]c(CN2CCCCCO2)c(CN2CCC2)c1CCC1CCCCC1. The van der Waals surface area contributed by atoms with Gasteiger partial charge >= 0.3 is 0 Å². The monoisotopic (exact) mass is 387 g/mol. The molecule has 1 saturated carbocycles. The zero-order valence-electron chi connectivity index (χ0n) is 18.1. The van der Waals surface area contributed by atoms with E-state index in [0.717, 1.165) is 38.6 Å². The summed E-state index contributed by atoms with van der Waals surface area (Å²) in [5.74, 6) is 0.961. The van der Waals surface area contributed by atoms with Crippen LogP contribution in [0.4, 0.5) is 0 Å². The zero-order chi connectivity index (χ0) is 19.2. The summed E-state index contributed by atoms with van der Waals surface area (Å²) in [5.41, 5.74) is 6.20. The van der Waals surface area contributed by atoms with Crippen molar-refractivity contribution in [2.24, 2.45) is 5.92 Å². The van der Waals surface area contributed by atoms with Gasteiger partial charge in [-0.1, -0.05) is 39.0 Å². The Morgan fingerprint density at radius 1 is 0.857 bits per heavy atom. The Balaban J connectivity index is 1.50. The smallest absolute Gasteiger partial charge is 0.0685 e. The predicted octanol–water partition coefficient (Wildman–Crippen LogP) is 5.21. The van der Waals surface area contributed by atoms with Crippen molar-refractivity contribution in [3.8, 4) is 0 Å². The van der Waals surface area contributed by atoms with Crippen LogP contribution in [0.3, 0.4) is 0 Å². The van der Waals surface area contributed by atoms with Gasteiger partial charge in [0.2, 0.25) is 0 Å². The van der Waals surface area contributed by atoms with Crippen LogP contribution in [0.1, 0.15) is 93.6 Å². The number of H-pyrrole nitrogens is 1. The molecule has 4 nitrogen and oxygen atoms in total. The quantitative estimate of drug-likeness (QED) is 0.664. The maximum atomic E-state index is 6.04. The fraction of sp³-hybridized carbons (Fsp3) is 0.833. The zero-order valence-corrected chi connectivity index (χ0v) is 18.1. The Morgan fingerprint density at radius 3 is 2.43 bits per heavy atom. The third-order valence-electron chi connectivity index (χ3n) is 7.27. The van der Waals surface area contributed by atoms with Gasteiger partial charge in [0.15, 0.2) is 0 Å². The van der Waals surface area contributed by atoms with Gasteiger partial charge in [-0.2, -0.15) is 5.06 Å². The molecule has 4 rings (SSSR count). The maximum Gasteiger partial charge on any atom is 0.0685 e. The van der Waals surface area contributed by atoms with Crippen molar-refractivity contribution in [2.75, 3.05) is 26.2 Å². The lowest BCUT2D eigenvalue weighted by Crippen LogP contribution is -2.37. The minimum atomic E-state index is 0.886. The van der Waals surface area contributed by atoms with Crippen LogP contribution in [-0.4, -0.2) is 41.2 Å². The highest BCUT2D eigenvalue weighted by atomic mass is 16.7. The van der Waals surface area contributed by atoms with Crippen molar-refractivity contribution in [3.63, 3.8) is 0 Å². The fourth-order valence-corrected chi connectivity index (χ4v) is 5.34. The number of nitrogens with zero attached hydrogens (tertiary/aromatic N) is 2. The van der Waals surface area contributed by atoms with E-state index >= 15 is 0 Å². The summed E-state index contributed by atoms with van der Waals surface area (Å²) in [5, 5.41) is 2.22. The molecule has 3 aliphatic rings. The first-order chi connectivity index (χ1) is 13.8. The molecule has 1 aromatic heterocycles. The van der Waals surface area contributed by atoms with E-state index in [2.05, 4.69) is 21.9 Å². The molecule has 0 bridgehead atoms. The Morgan fingerprint density at radius 2 is 1.68 bits per heavy atom. The summed E-state index contributed by atoms with van der Waals surface area (Å²) in [4.78, 5) is 12.5. The highest BCUT2D eigenvalue weighted by molar-refractivity contribution is 5.38. The van der Waals surface area contributed by atoms with Gasteiger partial charge in [0.25, 0.3) is 0 Å². The van der Waals surface area contributed by atoms with Crippen molar-refractivity contribution in [3.05, 3.63) is 22.5 Å². The lowest BCUT2D eigenvalue weighted by atomic mass is 9.84. The number of likely N-dealkylation sites (tertiary alicyclic amines) is 1. The van der Waals surface area contributed by atoms with Gasteiger partial charge in [0.05, 0.1) is 13.2 Å². The molecule has 158 valence electrons. The van der Waals surface area contributed by atoms with Gasteiger partial charge in [0, 0.05) is 24.5 Å². The van der Waals surface area contributed by atoms with E-state index in [4.69, 9.17) is 4.84 Å². The summed E-state index contributed by atoms with van der Waals surface area (Å²) >= 11 is 0. The van der Waals surface area contributed by atoms with Gasteiger partial charge in [-0.25, -0.2) is 0 Å². The van der Waals surface area contributed by atoms with E-state index in [1.54, 1.807) is 11.1 Å². The lowest BCUT2D eigenvalue weighted by molar-refractivity contribution is -0.159. The first kappa shape index (κ1) is 20.4. The molecule has 0 amide bonds. The van der Waals surface area contributed by atoms with Crippen LogP contribution >= 0.6 is 0 Å². The van der Waals surface area contributed by atoms with Crippen LogP contribution in [0, 0.1) is 5.92 Å². The molecule has 28 heavy (non-hydrogen) atoms. The standard InChI is InChI=1S/C24H41N3O/c1-2-23-21(13-12-20-10-5-3-6-11-20)22(18-26-14-9-15-26)24(25-23)19-27-16-7-4-8-17-28-27/h20,25H,2-19H2,1H3. The van der Waals surface area contributed by atoms with Crippen LogP contribution in [-0.2, 0) is 30.8 Å². The minimum absolute atomic E-state index is 0.886. The Bertz CT molecular complexity index is 593. The molecular weight excluding hydrogens is 346 g/mol. The van der Waals surface area contributed by atoms with E-state index < -0.39 is 0 Å². The van der Waals surface area contributed by atoms with Crippen molar-refractivity contribution in [2.45, 2.75) is 97.1 Å². The Kier molecular flexibility index (Phi) is 7.49. The normalized spacial score (nSPS) is 22.9. The number of hydroxylamine groups is 2. The molecule has 0 atom stereocenters. The summed E-state index contributed by atoms with van der Waals surface area (Å²) in [6.07, 6.45) is 16.2. The summed E-state index contributed by atoms with van der Waals surface area (Å²) in [6.45, 7) is 8.88. The first-order valence-corrected chi connectivity index (χ1v) is 12.1. The van der Waals surface area contributed by atoms with Crippen molar-refractivity contribution >= 4 is 0 Å². The first-order valence-electron chi connectivity index (χ1n) is 12.1. The van der Waals surface area contributed by atoms with Crippen molar-refractivity contribution in [1.82, 2.24) is 14.9 Å². The molecule has 1 aromatic rings. The van der Waals surface area contributed by atoms with Crippen LogP contribution in [0.5, 0.6) is 0 Å². The van der Waals surface area contributed by atoms with Gasteiger partial charge in [-0.15, -0.1) is 0 Å². The molecular formula is C24H41N3O. The fourth-order valence-electron chi connectivity index (χ4n) is 5.34. The third-order valence-corrected chi connectivity index (χ3v) is 7.27. The molecule has 2 aliphatic heterocycles. The van der Waals surface area contributed by atoms with Gasteiger partial charge in [0.1, 0.15) is 0 Å². The Hall–Kier alpha value is -0.840. The molecule has 0 spiro atoms. The minimum Gasteiger partial charge on any atom is -0.361 e. The second-order valence-electron chi connectivity index (χ2n) is 9.32. The molecule has 2 saturated heterocycles. The number of nitrogens with one attached hydrogen (secondary N) is 1. The molecule has 1 N–H and O–H groups in total. The second kappa shape index (κ2) is 10.3. The Labute approximate surface area is 172 Å². The molecule has 0 aromatic carbocycles. The molecule has 0 unspecified atom stereocenters. The predicted molar refractivity (Wildman–Crippen MR) is 115 cm³/mol. The van der Waals surface area contributed by atoms with Gasteiger partial charge in [-0.3, -0.25) is 9.74 Å². The number of aromatic nitrogens is 1. The highest BCUT2D eigenvalue weighted by Crippen LogP contribution is 2.31. The number of hydrogen-bond acceptors (Lipinski definition) is 3.